The SMILES string of the molecule is CCCCOc1cccc(S(=O)(=O)CC2(NC(=O)N[C@H](C(=O)N3CC4C([C@H]3C(=O)NC(CC3CC3)C(=O)C(N)=O)C4(C)C)C(C)(C)C)CCCCC2)c1. The number of hydrogen-bond donors (Lipinski definition) is 4. The van der Waals surface area contributed by atoms with Crippen LogP contribution in [0.15, 0.2) is 29.2 Å². The van der Waals surface area contributed by atoms with Gasteiger partial charge in [-0.25, -0.2) is 13.2 Å². The third kappa shape index (κ3) is 9.35. The molecule has 5 amide bonds. The van der Waals surface area contributed by atoms with Crippen LogP contribution in [0.3, 0.4) is 0 Å². The average Bonchev–Trinajstić information content (AvgIpc) is 3.93. The number of sulfone groups is 1. The van der Waals surface area contributed by atoms with Gasteiger partial charge in [-0.2, -0.15) is 0 Å². The molecule has 4 aliphatic rings. The molecule has 5 rings (SSSR count). The predicted octanol–water partition coefficient (Wildman–Crippen LogP) is 3.88. The first-order valence-corrected chi connectivity index (χ1v) is 20.9. The summed E-state index contributed by atoms with van der Waals surface area (Å²) in [5, 5.41) is 8.67. The highest BCUT2D eigenvalue weighted by Crippen LogP contribution is 2.65. The topological polar surface area (TPSA) is 194 Å². The van der Waals surface area contributed by atoms with Gasteiger partial charge in [0.1, 0.15) is 17.8 Å². The fourth-order valence-electron chi connectivity index (χ4n) is 8.46. The quantitative estimate of drug-likeness (QED) is 0.144. The molecule has 1 saturated heterocycles. The van der Waals surface area contributed by atoms with Gasteiger partial charge in [-0.3, -0.25) is 19.2 Å². The second-order valence-corrected chi connectivity index (χ2v) is 19.5. The summed E-state index contributed by atoms with van der Waals surface area (Å²) in [4.78, 5) is 68.6. The summed E-state index contributed by atoms with van der Waals surface area (Å²) >= 11 is 0. The monoisotopic (exact) mass is 757 g/mol. The highest BCUT2D eigenvalue weighted by Gasteiger charge is 2.70. The number of ketones is 1. The first-order valence-electron chi connectivity index (χ1n) is 19.3. The third-order valence-electron chi connectivity index (χ3n) is 11.9. The summed E-state index contributed by atoms with van der Waals surface area (Å²) < 4.78 is 33.5. The van der Waals surface area contributed by atoms with Crippen molar-refractivity contribution in [3.63, 3.8) is 0 Å². The van der Waals surface area contributed by atoms with Crippen molar-refractivity contribution in [2.24, 2.45) is 34.3 Å². The number of carbonyl (C=O) groups is 5. The van der Waals surface area contributed by atoms with Crippen LogP contribution >= 0.6 is 0 Å². The molecule has 1 aromatic rings. The van der Waals surface area contributed by atoms with Crippen LogP contribution in [-0.4, -0.2) is 85.4 Å². The summed E-state index contributed by atoms with van der Waals surface area (Å²) in [6.07, 6.45) is 7.22. The fraction of sp³-hybridized carbons (Fsp3) is 0.718. The van der Waals surface area contributed by atoms with E-state index in [1.165, 1.54) is 11.0 Å². The van der Waals surface area contributed by atoms with E-state index < -0.39 is 68.5 Å². The van der Waals surface area contributed by atoms with Crippen molar-refractivity contribution in [3.8, 4) is 5.75 Å². The summed E-state index contributed by atoms with van der Waals surface area (Å²) in [7, 11) is -3.85. The molecule has 53 heavy (non-hydrogen) atoms. The van der Waals surface area contributed by atoms with Crippen molar-refractivity contribution in [1.82, 2.24) is 20.9 Å². The van der Waals surface area contributed by atoms with Crippen LogP contribution in [0.4, 0.5) is 4.79 Å². The number of amides is 5. The maximum atomic E-state index is 14.5. The molecule has 3 aliphatic carbocycles. The maximum absolute atomic E-state index is 14.5. The van der Waals surface area contributed by atoms with Gasteiger partial charge in [0.2, 0.25) is 17.6 Å². The van der Waals surface area contributed by atoms with E-state index in [4.69, 9.17) is 10.5 Å². The molecule has 3 unspecified atom stereocenters. The van der Waals surface area contributed by atoms with E-state index in [1.54, 1.807) is 18.2 Å². The number of unbranched alkanes of at least 4 members (excludes halogenated alkanes) is 1. The molecule has 5 N–H and O–H groups in total. The Kier molecular flexibility index (Phi) is 11.9. The molecule has 294 valence electrons. The van der Waals surface area contributed by atoms with Crippen molar-refractivity contribution in [3.05, 3.63) is 24.3 Å². The minimum atomic E-state index is -3.85. The average molecular weight is 758 g/mol. The number of nitrogens with two attached hydrogens (primary N) is 1. The van der Waals surface area contributed by atoms with Crippen molar-refractivity contribution in [2.75, 3.05) is 18.9 Å². The van der Waals surface area contributed by atoms with Gasteiger partial charge in [0, 0.05) is 6.54 Å². The lowest BCUT2D eigenvalue weighted by atomic mass is 9.83. The number of rotatable bonds is 16. The Bertz CT molecular complexity index is 1680. The second-order valence-electron chi connectivity index (χ2n) is 17.5. The van der Waals surface area contributed by atoms with Gasteiger partial charge in [-0.05, 0) is 72.5 Å². The minimum Gasteiger partial charge on any atom is -0.494 e. The van der Waals surface area contributed by atoms with Crippen LogP contribution in [0.25, 0.3) is 0 Å². The summed E-state index contributed by atoms with van der Waals surface area (Å²) in [6.45, 7) is 12.4. The fourth-order valence-corrected chi connectivity index (χ4v) is 10.3. The highest BCUT2D eigenvalue weighted by atomic mass is 32.2. The molecule has 13 nitrogen and oxygen atoms in total. The van der Waals surface area contributed by atoms with Crippen LogP contribution < -0.4 is 26.4 Å². The predicted molar refractivity (Wildman–Crippen MR) is 199 cm³/mol. The zero-order valence-electron chi connectivity index (χ0n) is 32.2. The molecule has 0 aromatic heterocycles. The van der Waals surface area contributed by atoms with Crippen LogP contribution in [0.5, 0.6) is 5.75 Å². The summed E-state index contributed by atoms with van der Waals surface area (Å²) in [5.41, 5.74) is 3.25. The highest BCUT2D eigenvalue weighted by molar-refractivity contribution is 7.91. The van der Waals surface area contributed by atoms with Gasteiger partial charge in [0.25, 0.3) is 5.91 Å². The van der Waals surface area contributed by atoms with Crippen LogP contribution in [0.2, 0.25) is 0 Å². The Balaban J connectivity index is 1.33. The first kappa shape index (κ1) is 40.5. The molecule has 3 saturated carbocycles. The van der Waals surface area contributed by atoms with Gasteiger partial charge >= 0.3 is 6.03 Å². The Morgan fingerprint density at radius 3 is 2.32 bits per heavy atom. The van der Waals surface area contributed by atoms with Crippen molar-refractivity contribution in [2.45, 2.75) is 134 Å². The van der Waals surface area contributed by atoms with E-state index >= 15 is 0 Å². The molecule has 0 spiro atoms. The molecule has 0 radical (unpaired) electrons. The zero-order valence-corrected chi connectivity index (χ0v) is 33.0. The largest absolute Gasteiger partial charge is 0.494 e. The van der Waals surface area contributed by atoms with Gasteiger partial charge in [0.05, 0.1) is 28.8 Å². The Labute approximate surface area is 314 Å². The van der Waals surface area contributed by atoms with E-state index in [0.29, 0.717) is 38.2 Å². The molecule has 0 bridgehead atoms. The van der Waals surface area contributed by atoms with Gasteiger partial charge in [-0.1, -0.05) is 86.1 Å². The van der Waals surface area contributed by atoms with Crippen LogP contribution in [0, 0.1) is 28.6 Å². The Morgan fingerprint density at radius 1 is 1.04 bits per heavy atom. The lowest BCUT2D eigenvalue weighted by molar-refractivity contribution is -0.145. The number of likely N-dealkylation sites (tertiary alicyclic amines) is 1. The van der Waals surface area contributed by atoms with E-state index in [-0.39, 0.29) is 33.8 Å². The number of ether oxygens (including phenoxy) is 1. The van der Waals surface area contributed by atoms with E-state index in [1.807, 2.05) is 41.5 Å². The number of piperidine rings is 1. The second kappa shape index (κ2) is 15.6. The summed E-state index contributed by atoms with van der Waals surface area (Å²) in [5.74, 6) is -2.67. The van der Waals surface area contributed by atoms with Crippen LogP contribution in [-0.2, 0) is 29.0 Å². The number of nitrogens with one attached hydrogen (secondary N) is 3. The van der Waals surface area contributed by atoms with Gasteiger partial charge in [0.15, 0.2) is 9.84 Å². The van der Waals surface area contributed by atoms with Crippen molar-refractivity contribution >= 4 is 39.4 Å². The smallest absolute Gasteiger partial charge is 0.315 e. The summed E-state index contributed by atoms with van der Waals surface area (Å²) in [6, 6.07) is 2.76. The zero-order chi connectivity index (χ0) is 38.9. The molecule has 5 atom stereocenters. The molecule has 1 aliphatic heterocycles. The number of nitrogens with zero attached hydrogens (tertiary/aromatic N) is 1. The Morgan fingerprint density at radius 2 is 1.72 bits per heavy atom. The number of Topliss-reactive ketones (excluding diaryl/α,β-unsaturated/α-hetero) is 1. The van der Waals surface area contributed by atoms with E-state index in [2.05, 4.69) is 16.0 Å². The molecule has 1 aromatic carbocycles. The number of benzene rings is 1. The number of hydrogen-bond acceptors (Lipinski definition) is 8. The molecule has 1 heterocycles. The van der Waals surface area contributed by atoms with E-state index in [0.717, 1.165) is 44.9 Å². The Hall–Kier alpha value is -3.68. The molecular weight excluding hydrogens is 699 g/mol. The maximum Gasteiger partial charge on any atom is 0.315 e. The van der Waals surface area contributed by atoms with Crippen molar-refractivity contribution in [1.29, 1.82) is 0 Å². The van der Waals surface area contributed by atoms with Crippen LogP contribution in [0.1, 0.15) is 106 Å². The number of carbonyl (C=O) groups excluding carboxylic acids is 5. The standard InChI is InChI=1S/C39H59N5O8S/c1-7-8-19-52-25-13-12-14-26(21-25)53(50,51)23-39(17-10-9-11-18-39)43-36(49)42-32(37(2,3)4)35(48)44-22-27-29(38(27,5)6)30(44)34(47)41-28(20-24-15-16-24)31(45)33(40)46/h12-14,21,24,27-30,32H,7-11,15-20,22-23H2,1-6H3,(H2,40,46)(H,41,47)(H2,42,43,49)/t27?,28?,29?,30-,32+/m0/s1. The third-order valence-corrected chi connectivity index (χ3v) is 13.8. The molecule has 4 fully saturated rings. The molecular formula is C39H59N5O8S. The lowest BCUT2D eigenvalue weighted by Crippen LogP contribution is -2.63. The van der Waals surface area contributed by atoms with Crippen molar-refractivity contribution < 1.29 is 37.1 Å². The number of fused-ring (bicyclic) bond motifs is 1. The van der Waals surface area contributed by atoms with Gasteiger partial charge < -0.3 is 31.3 Å². The number of primary amides is 1. The van der Waals surface area contributed by atoms with Gasteiger partial charge in [-0.15, -0.1) is 0 Å². The van der Waals surface area contributed by atoms with E-state index in [9.17, 15) is 32.4 Å². The molecule has 14 heteroatoms. The first-order chi connectivity index (χ1) is 24.8. The number of urea groups is 1. The minimum absolute atomic E-state index is 0.0385. The lowest BCUT2D eigenvalue weighted by Gasteiger charge is -2.40. The normalized spacial score (nSPS) is 24.3.